The Labute approximate surface area is 165 Å². The van der Waals surface area contributed by atoms with Crippen molar-refractivity contribution >= 4 is 11.9 Å². The number of aromatic nitrogens is 1. The number of rotatable bonds is 6. The lowest BCUT2D eigenvalue weighted by atomic mass is 9.87. The van der Waals surface area contributed by atoms with Crippen LogP contribution in [0, 0.1) is 31.1 Å². The van der Waals surface area contributed by atoms with Crippen LogP contribution in [-0.2, 0) is 20.7 Å². The molecule has 0 unspecified atom stereocenters. The van der Waals surface area contributed by atoms with E-state index in [1.165, 1.54) is 0 Å². The number of ether oxygens (including phenoxy) is 1. The highest BCUT2D eigenvalue weighted by molar-refractivity contribution is 5.80. The average Bonchev–Trinajstić information content (AvgIpc) is 2.66. The number of pyridine rings is 1. The molecule has 1 fully saturated rings. The van der Waals surface area contributed by atoms with E-state index in [0.29, 0.717) is 23.6 Å². The summed E-state index contributed by atoms with van der Waals surface area (Å²) in [6.07, 6.45) is 4.63. The number of carbonyl (C=O) groups excluding carboxylic acids is 2. The third-order valence-corrected chi connectivity index (χ3v) is 5.78. The Morgan fingerprint density at radius 2 is 1.89 bits per heavy atom. The molecule has 1 amide bonds. The normalized spacial score (nSPS) is 19.0. The molecule has 28 heavy (non-hydrogen) atoms. The summed E-state index contributed by atoms with van der Waals surface area (Å²) in [5, 5.41) is 9.11. The minimum absolute atomic E-state index is 0.0626. The van der Waals surface area contributed by atoms with Gasteiger partial charge in [0.05, 0.1) is 0 Å². The number of nitrogens with one attached hydrogen (secondary N) is 1. The molecular formula is C21H29N3O4. The third kappa shape index (κ3) is 5.22. The van der Waals surface area contributed by atoms with Crippen LogP contribution in [0.3, 0.4) is 0 Å². The summed E-state index contributed by atoms with van der Waals surface area (Å²) in [5.74, 6) is 0.0533. The van der Waals surface area contributed by atoms with E-state index in [1.54, 1.807) is 25.8 Å². The fourth-order valence-electron chi connectivity index (χ4n) is 3.80. The molecule has 0 spiro atoms. The van der Waals surface area contributed by atoms with Gasteiger partial charge in [-0.15, -0.1) is 0 Å². The van der Waals surface area contributed by atoms with Gasteiger partial charge in [0.25, 0.3) is 11.5 Å². The summed E-state index contributed by atoms with van der Waals surface area (Å²) in [5.41, 5.74) is 1.62. The Bertz CT molecular complexity index is 829. The summed E-state index contributed by atoms with van der Waals surface area (Å²) in [6, 6.07) is 2.12. The van der Waals surface area contributed by atoms with E-state index in [1.807, 2.05) is 6.07 Å². The molecule has 0 aromatic carbocycles. The molecule has 0 atom stereocenters. The van der Waals surface area contributed by atoms with Crippen molar-refractivity contribution < 1.29 is 14.3 Å². The molecule has 1 saturated carbocycles. The number of nitrogens with zero attached hydrogens (tertiary/aromatic N) is 2. The lowest BCUT2D eigenvalue weighted by Crippen LogP contribution is -2.41. The summed E-state index contributed by atoms with van der Waals surface area (Å²) >= 11 is 0. The summed E-state index contributed by atoms with van der Waals surface area (Å²) in [6.45, 7) is 5.41. The van der Waals surface area contributed by atoms with Crippen LogP contribution in [0.15, 0.2) is 4.79 Å². The number of likely N-dealkylation sites (N-methyl/N-ethyl adjacent to an activating group) is 1. The molecule has 0 saturated heterocycles. The number of carbonyl (C=O) groups is 2. The minimum Gasteiger partial charge on any atom is -0.456 e. The molecule has 1 aliphatic carbocycles. The predicted octanol–water partition coefficient (Wildman–Crippen LogP) is 2.38. The molecule has 7 nitrogen and oxygen atoms in total. The topological polar surface area (TPSA) is 103 Å². The summed E-state index contributed by atoms with van der Waals surface area (Å²) in [4.78, 5) is 40.5. The van der Waals surface area contributed by atoms with Crippen LogP contribution in [0.4, 0.5) is 0 Å². The first-order valence-corrected chi connectivity index (χ1v) is 9.78. The number of hydrogen-bond acceptors (Lipinski definition) is 5. The van der Waals surface area contributed by atoms with Crippen molar-refractivity contribution in [2.24, 2.45) is 5.92 Å². The second kappa shape index (κ2) is 9.54. The molecule has 1 aromatic heterocycles. The Kier molecular flexibility index (Phi) is 7.38. The number of aromatic amines is 1. The van der Waals surface area contributed by atoms with E-state index in [2.05, 4.69) is 11.9 Å². The van der Waals surface area contributed by atoms with Crippen molar-refractivity contribution in [1.82, 2.24) is 9.88 Å². The standard InChI is InChI=1S/C21H29N3O4/c1-13-5-7-16(8-6-13)24(4)19(25)12-28-20(26)10-9-17-14(2)18(11-22)21(27)23-15(17)3/h13,16H,5-10,12H2,1-4H3,(H,23,27). The monoisotopic (exact) mass is 387 g/mol. The number of aryl methyl sites for hydroxylation is 1. The smallest absolute Gasteiger partial charge is 0.306 e. The molecule has 1 heterocycles. The van der Waals surface area contributed by atoms with Gasteiger partial charge >= 0.3 is 5.97 Å². The maximum atomic E-state index is 12.3. The van der Waals surface area contributed by atoms with Gasteiger partial charge in [-0.2, -0.15) is 5.26 Å². The number of H-pyrrole nitrogens is 1. The van der Waals surface area contributed by atoms with Crippen LogP contribution in [0.2, 0.25) is 0 Å². The summed E-state index contributed by atoms with van der Waals surface area (Å²) in [7, 11) is 1.77. The van der Waals surface area contributed by atoms with E-state index in [9.17, 15) is 14.4 Å². The zero-order valence-corrected chi connectivity index (χ0v) is 17.1. The average molecular weight is 387 g/mol. The molecule has 152 valence electrons. The number of esters is 1. The minimum atomic E-state index is -0.470. The molecule has 0 bridgehead atoms. The van der Waals surface area contributed by atoms with Gasteiger partial charge in [0.15, 0.2) is 6.61 Å². The highest BCUT2D eigenvalue weighted by Crippen LogP contribution is 2.26. The Morgan fingerprint density at radius 1 is 1.25 bits per heavy atom. The van der Waals surface area contributed by atoms with Crippen molar-refractivity contribution in [3.05, 3.63) is 32.7 Å². The van der Waals surface area contributed by atoms with Crippen LogP contribution < -0.4 is 5.56 Å². The molecule has 0 radical (unpaired) electrons. The van der Waals surface area contributed by atoms with E-state index in [0.717, 1.165) is 31.2 Å². The van der Waals surface area contributed by atoms with Crippen LogP contribution in [0.1, 0.15) is 61.4 Å². The fourth-order valence-corrected chi connectivity index (χ4v) is 3.80. The van der Waals surface area contributed by atoms with Gasteiger partial charge in [0, 0.05) is 25.2 Å². The highest BCUT2D eigenvalue weighted by Gasteiger charge is 2.25. The molecule has 1 N–H and O–H groups in total. The first kappa shape index (κ1) is 21.7. The van der Waals surface area contributed by atoms with E-state index in [-0.39, 0.29) is 30.5 Å². The Balaban J connectivity index is 1.86. The highest BCUT2D eigenvalue weighted by atomic mass is 16.5. The van der Waals surface area contributed by atoms with Gasteiger partial charge in [-0.05, 0) is 63.0 Å². The van der Waals surface area contributed by atoms with Crippen molar-refractivity contribution in [2.45, 2.75) is 65.3 Å². The zero-order valence-electron chi connectivity index (χ0n) is 17.1. The van der Waals surface area contributed by atoms with Gasteiger partial charge in [0.2, 0.25) is 0 Å². The van der Waals surface area contributed by atoms with Gasteiger partial charge in [-0.25, -0.2) is 0 Å². The quantitative estimate of drug-likeness (QED) is 0.755. The second-order valence-electron chi connectivity index (χ2n) is 7.75. The van der Waals surface area contributed by atoms with E-state index >= 15 is 0 Å². The second-order valence-corrected chi connectivity index (χ2v) is 7.75. The number of nitriles is 1. The van der Waals surface area contributed by atoms with E-state index < -0.39 is 11.5 Å². The van der Waals surface area contributed by atoms with Crippen LogP contribution >= 0.6 is 0 Å². The SMILES string of the molecule is Cc1[nH]c(=O)c(C#N)c(C)c1CCC(=O)OCC(=O)N(C)C1CCC(C)CC1. The molecule has 1 aromatic rings. The van der Waals surface area contributed by atoms with Crippen LogP contribution in [0.5, 0.6) is 0 Å². The van der Waals surface area contributed by atoms with Crippen molar-refractivity contribution in [1.29, 1.82) is 5.26 Å². The van der Waals surface area contributed by atoms with Gasteiger partial charge in [0.1, 0.15) is 11.6 Å². The fraction of sp³-hybridized carbons (Fsp3) is 0.619. The Hall–Kier alpha value is -2.62. The first-order valence-electron chi connectivity index (χ1n) is 9.78. The maximum absolute atomic E-state index is 12.3. The molecule has 2 rings (SSSR count). The maximum Gasteiger partial charge on any atom is 0.306 e. The lowest BCUT2D eigenvalue weighted by Gasteiger charge is -2.33. The Morgan fingerprint density at radius 3 is 2.50 bits per heavy atom. The molecule has 1 aliphatic rings. The van der Waals surface area contributed by atoms with Gasteiger partial charge < -0.3 is 14.6 Å². The van der Waals surface area contributed by atoms with Crippen molar-refractivity contribution in [3.63, 3.8) is 0 Å². The van der Waals surface area contributed by atoms with Gasteiger partial charge in [-0.3, -0.25) is 14.4 Å². The molecule has 7 heteroatoms. The molecule has 0 aliphatic heterocycles. The number of amides is 1. The van der Waals surface area contributed by atoms with E-state index in [4.69, 9.17) is 10.00 Å². The van der Waals surface area contributed by atoms with Gasteiger partial charge in [-0.1, -0.05) is 6.92 Å². The molecular weight excluding hydrogens is 358 g/mol. The predicted molar refractivity (Wildman–Crippen MR) is 105 cm³/mol. The summed E-state index contributed by atoms with van der Waals surface area (Å²) < 4.78 is 5.15. The van der Waals surface area contributed by atoms with Crippen LogP contribution in [-0.4, -0.2) is 41.5 Å². The zero-order chi connectivity index (χ0) is 20.8. The van der Waals surface area contributed by atoms with Crippen molar-refractivity contribution in [3.8, 4) is 6.07 Å². The van der Waals surface area contributed by atoms with Crippen molar-refractivity contribution in [2.75, 3.05) is 13.7 Å². The number of hydrogen-bond donors (Lipinski definition) is 1. The largest absolute Gasteiger partial charge is 0.456 e. The van der Waals surface area contributed by atoms with Crippen LogP contribution in [0.25, 0.3) is 0 Å². The lowest BCUT2D eigenvalue weighted by molar-refractivity contribution is -0.152. The third-order valence-electron chi connectivity index (χ3n) is 5.78. The first-order chi connectivity index (χ1) is 13.2.